The highest BCUT2D eigenvalue weighted by Crippen LogP contribution is 2.37. The average Bonchev–Trinajstić information content (AvgIpc) is 3.00. The molecule has 0 saturated carbocycles. The predicted molar refractivity (Wildman–Crippen MR) is 97.4 cm³/mol. The molecular weight excluding hydrogens is 414 g/mol. The van der Waals surface area contributed by atoms with Gasteiger partial charge < -0.3 is 5.32 Å². The number of halogens is 6. The highest BCUT2D eigenvalue weighted by atomic mass is 19.4. The van der Waals surface area contributed by atoms with Crippen LogP contribution in [0.15, 0.2) is 54.6 Å². The number of urea groups is 1. The third kappa shape index (κ3) is 4.91. The summed E-state index contributed by atoms with van der Waals surface area (Å²) in [5.41, 5.74) is -2.37. The molecule has 3 rings (SSSR count). The number of nitrogens with zero attached hydrogens (tertiary/aromatic N) is 2. The summed E-state index contributed by atoms with van der Waals surface area (Å²) >= 11 is 0. The standard InChI is InChI=1S/C19H14F6N4O/c1-11-7-16(28-29(11)15-5-3-2-4-6-15)27-17(30)26-14-9-12(18(20,21)22)8-13(10-14)19(23,24)25/h2-10H,1H3,(H2,26,27,28,30). The monoisotopic (exact) mass is 428 g/mol. The number of amides is 2. The third-order valence-electron chi connectivity index (χ3n) is 3.98. The molecule has 158 valence electrons. The van der Waals surface area contributed by atoms with Crippen LogP contribution in [0.2, 0.25) is 0 Å². The van der Waals surface area contributed by atoms with Crippen LogP contribution in [0.5, 0.6) is 0 Å². The Hall–Kier alpha value is -3.50. The second kappa shape index (κ2) is 7.73. The van der Waals surface area contributed by atoms with Gasteiger partial charge in [0.1, 0.15) is 0 Å². The van der Waals surface area contributed by atoms with Gasteiger partial charge in [0, 0.05) is 17.4 Å². The van der Waals surface area contributed by atoms with Crippen molar-refractivity contribution in [2.45, 2.75) is 19.3 Å². The molecule has 1 heterocycles. The second-order valence-corrected chi connectivity index (χ2v) is 6.29. The molecule has 0 bridgehead atoms. The molecule has 0 aliphatic carbocycles. The molecule has 0 radical (unpaired) electrons. The van der Waals surface area contributed by atoms with Gasteiger partial charge in [-0.1, -0.05) is 18.2 Å². The van der Waals surface area contributed by atoms with Gasteiger partial charge >= 0.3 is 18.4 Å². The van der Waals surface area contributed by atoms with Crippen molar-refractivity contribution in [1.82, 2.24) is 9.78 Å². The van der Waals surface area contributed by atoms with Crippen molar-refractivity contribution < 1.29 is 31.1 Å². The summed E-state index contributed by atoms with van der Waals surface area (Å²) in [6, 6.07) is 10.2. The van der Waals surface area contributed by atoms with E-state index in [2.05, 4.69) is 10.4 Å². The fourth-order valence-electron chi connectivity index (χ4n) is 2.67. The molecule has 0 aliphatic rings. The Kier molecular flexibility index (Phi) is 5.47. The van der Waals surface area contributed by atoms with Gasteiger partial charge in [-0.05, 0) is 37.3 Å². The molecule has 5 nitrogen and oxygen atoms in total. The number of nitrogens with one attached hydrogen (secondary N) is 2. The molecule has 30 heavy (non-hydrogen) atoms. The Balaban J connectivity index is 1.81. The van der Waals surface area contributed by atoms with Crippen molar-refractivity contribution in [3.05, 3.63) is 71.4 Å². The molecule has 0 fully saturated rings. The zero-order valence-corrected chi connectivity index (χ0v) is 15.3. The van der Waals surface area contributed by atoms with E-state index in [-0.39, 0.29) is 11.9 Å². The van der Waals surface area contributed by atoms with Crippen LogP contribution in [0.1, 0.15) is 16.8 Å². The number of alkyl halides is 6. The van der Waals surface area contributed by atoms with Gasteiger partial charge in [-0.3, -0.25) is 5.32 Å². The van der Waals surface area contributed by atoms with E-state index >= 15 is 0 Å². The minimum absolute atomic E-state index is 0.0199. The normalized spacial score (nSPS) is 12.0. The van der Waals surface area contributed by atoms with Gasteiger partial charge in [0.15, 0.2) is 5.82 Å². The minimum atomic E-state index is -5.01. The Morgan fingerprint density at radius 2 is 1.43 bits per heavy atom. The number of aromatic nitrogens is 2. The Morgan fingerprint density at radius 3 is 1.97 bits per heavy atom. The topological polar surface area (TPSA) is 59.0 Å². The van der Waals surface area contributed by atoms with Crippen molar-refractivity contribution in [2.75, 3.05) is 10.6 Å². The summed E-state index contributed by atoms with van der Waals surface area (Å²) in [5, 5.41) is 8.44. The summed E-state index contributed by atoms with van der Waals surface area (Å²) in [4.78, 5) is 12.1. The Labute approximate surface area is 166 Å². The molecule has 3 aromatic rings. The highest BCUT2D eigenvalue weighted by Gasteiger charge is 2.37. The summed E-state index contributed by atoms with van der Waals surface area (Å²) in [6.07, 6.45) is -10.0. The molecule has 0 saturated heterocycles. The van der Waals surface area contributed by atoms with Crippen LogP contribution in [-0.2, 0) is 12.4 Å². The quantitative estimate of drug-likeness (QED) is 0.513. The van der Waals surface area contributed by atoms with E-state index in [0.29, 0.717) is 23.5 Å². The minimum Gasteiger partial charge on any atom is -0.308 e. The van der Waals surface area contributed by atoms with E-state index < -0.39 is 35.2 Å². The smallest absolute Gasteiger partial charge is 0.308 e. The van der Waals surface area contributed by atoms with Gasteiger partial charge in [0.25, 0.3) is 0 Å². The van der Waals surface area contributed by atoms with Gasteiger partial charge in [-0.25, -0.2) is 9.48 Å². The number of para-hydroxylation sites is 1. The first-order valence-corrected chi connectivity index (χ1v) is 8.43. The molecule has 11 heteroatoms. The lowest BCUT2D eigenvalue weighted by molar-refractivity contribution is -0.143. The zero-order chi connectivity index (χ0) is 22.1. The number of aryl methyl sites for hydroxylation is 1. The number of carbonyl (C=O) groups excluding carboxylic acids is 1. The second-order valence-electron chi connectivity index (χ2n) is 6.29. The van der Waals surface area contributed by atoms with Gasteiger partial charge in [-0.15, -0.1) is 5.10 Å². The fourth-order valence-corrected chi connectivity index (χ4v) is 2.67. The number of benzene rings is 2. The van der Waals surface area contributed by atoms with Gasteiger partial charge in [-0.2, -0.15) is 26.3 Å². The van der Waals surface area contributed by atoms with Crippen LogP contribution in [0, 0.1) is 6.92 Å². The lowest BCUT2D eigenvalue weighted by Crippen LogP contribution is -2.21. The Bertz CT molecular complexity index is 1020. The van der Waals surface area contributed by atoms with E-state index in [9.17, 15) is 31.1 Å². The first kappa shape index (κ1) is 21.2. The fraction of sp³-hybridized carbons (Fsp3) is 0.158. The number of anilines is 2. The molecule has 1 aromatic heterocycles. The first-order chi connectivity index (χ1) is 13.9. The third-order valence-corrected chi connectivity index (χ3v) is 3.98. The molecule has 0 aliphatic heterocycles. The first-order valence-electron chi connectivity index (χ1n) is 8.43. The van der Waals surface area contributed by atoms with Crippen LogP contribution >= 0.6 is 0 Å². The number of hydrogen-bond acceptors (Lipinski definition) is 2. The van der Waals surface area contributed by atoms with Crippen LogP contribution in [0.3, 0.4) is 0 Å². The molecule has 2 N–H and O–H groups in total. The highest BCUT2D eigenvalue weighted by molar-refractivity contribution is 5.99. The SMILES string of the molecule is Cc1cc(NC(=O)Nc2cc(C(F)(F)F)cc(C(F)(F)F)c2)nn1-c1ccccc1. The van der Waals surface area contributed by atoms with E-state index in [1.165, 1.54) is 10.7 Å². The largest absolute Gasteiger partial charge is 0.416 e. The van der Waals surface area contributed by atoms with Crippen LogP contribution in [0.25, 0.3) is 5.69 Å². The number of hydrogen-bond donors (Lipinski definition) is 2. The lowest BCUT2D eigenvalue weighted by atomic mass is 10.1. The zero-order valence-electron chi connectivity index (χ0n) is 15.3. The molecule has 0 unspecified atom stereocenters. The predicted octanol–water partition coefficient (Wildman–Crippen LogP) is 5.86. The van der Waals surface area contributed by atoms with Crippen LogP contribution < -0.4 is 10.6 Å². The van der Waals surface area contributed by atoms with E-state index in [4.69, 9.17) is 0 Å². The van der Waals surface area contributed by atoms with E-state index in [1.54, 1.807) is 37.3 Å². The van der Waals surface area contributed by atoms with Crippen molar-refractivity contribution in [1.29, 1.82) is 0 Å². The molecule has 0 atom stereocenters. The van der Waals surface area contributed by atoms with Crippen LogP contribution in [0.4, 0.5) is 42.6 Å². The van der Waals surface area contributed by atoms with Gasteiger partial charge in [0.05, 0.1) is 16.8 Å². The summed E-state index contributed by atoms with van der Waals surface area (Å²) in [6.45, 7) is 1.71. The van der Waals surface area contributed by atoms with Crippen molar-refractivity contribution in [3.8, 4) is 5.69 Å². The molecule has 2 aromatic carbocycles. The maximum Gasteiger partial charge on any atom is 0.416 e. The van der Waals surface area contributed by atoms with Crippen molar-refractivity contribution in [3.63, 3.8) is 0 Å². The van der Waals surface area contributed by atoms with Crippen molar-refractivity contribution in [2.24, 2.45) is 0 Å². The maximum absolute atomic E-state index is 12.9. The number of rotatable bonds is 3. The Morgan fingerprint density at radius 1 is 0.867 bits per heavy atom. The molecule has 2 amide bonds. The van der Waals surface area contributed by atoms with E-state index in [1.807, 2.05) is 5.32 Å². The summed E-state index contributed by atoms with van der Waals surface area (Å²) in [7, 11) is 0. The lowest BCUT2D eigenvalue weighted by Gasteiger charge is -2.14. The molecule has 0 spiro atoms. The molecular formula is C19H14F6N4O. The van der Waals surface area contributed by atoms with Crippen LogP contribution in [-0.4, -0.2) is 15.8 Å². The number of carbonyl (C=O) groups is 1. The average molecular weight is 428 g/mol. The summed E-state index contributed by atoms with van der Waals surface area (Å²) in [5.74, 6) is 0.0665. The van der Waals surface area contributed by atoms with E-state index in [0.717, 1.165) is 0 Å². The van der Waals surface area contributed by atoms with Crippen molar-refractivity contribution >= 4 is 17.5 Å². The summed E-state index contributed by atoms with van der Waals surface area (Å²) < 4.78 is 79.0. The maximum atomic E-state index is 12.9. The van der Waals surface area contributed by atoms with Gasteiger partial charge in [0.2, 0.25) is 0 Å².